The van der Waals surface area contributed by atoms with E-state index in [0.717, 1.165) is 12.1 Å². The normalized spacial score (nSPS) is 10.9. The second-order valence-corrected chi connectivity index (χ2v) is 7.56. The Morgan fingerprint density at radius 3 is 2.27 bits per heavy atom. The van der Waals surface area contributed by atoms with Crippen molar-refractivity contribution in [1.82, 2.24) is 0 Å². The highest BCUT2D eigenvalue weighted by Crippen LogP contribution is 2.31. The summed E-state index contributed by atoms with van der Waals surface area (Å²) in [4.78, 5) is 12.3. The molecule has 0 fully saturated rings. The number of esters is 1. The van der Waals surface area contributed by atoms with Gasteiger partial charge >= 0.3 is 5.97 Å². The molecule has 0 aliphatic carbocycles. The number of hydrogen-bond donors (Lipinski definition) is 0. The number of halogens is 1. The van der Waals surface area contributed by atoms with Crippen LogP contribution < -0.4 is 9.47 Å². The van der Waals surface area contributed by atoms with Crippen molar-refractivity contribution in [2.24, 2.45) is 10.2 Å². The number of rotatable bonds is 8. The van der Waals surface area contributed by atoms with Crippen LogP contribution in [-0.4, -0.2) is 13.1 Å². The van der Waals surface area contributed by atoms with Crippen LogP contribution in [-0.2, 0) is 6.42 Å². The van der Waals surface area contributed by atoms with Gasteiger partial charge in [-0.1, -0.05) is 25.5 Å². The van der Waals surface area contributed by atoms with Crippen molar-refractivity contribution in [2.75, 3.05) is 7.11 Å². The van der Waals surface area contributed by atoms with Crippen LogP contribution in [0.5, 0.6) is 11.5 Å². The first kappa shape index (κ1) is 21.7. The van der Waals surface area contributed by atoms with Gasteiger partial charge < -0.3 is 9.47 Å². The van der Waals surface area contributed by atoms with Crippen LogP contribution in [0.15, 0.2) is 81.4 Å². The molecular formula is C24H23BrN2O3. The molecule has 0 spiro atoms. The Kier molecular flexibility index (Phi) is 7.74. The minimum Gasteiger partial charge on any atom is -0.497 e. The van der Waals surface area contributed by atoms with E-state index in [2.05, 4.69) is 45.2 Å². The Balaban J connectivity index is 1.64. The van der Waals surface area contributed by atoms with Crippen LogP contribution in [0, 0.1) is 0 Å². The Morgan fingerprint density at radius 1 is 0.933 bits per heavy atom. The maximum atomic E-state index is 12.3. The molecule has 0 aromatic heterocycles. The molecule has 3 aromatic rings. The number of ether oxygens (including phenoxy) is 2. The van der Waals surface area contributed by atoms with Crippen molar-refractivity contribution in [2.45, 2.75) is 26.2 Å². The van der Waals surface area contributed by atoms with Gasteiger partial charge in [0.2, 0.25) is 0 Å². The summed E-state index contributed by atoms with van der Waals surface area (Å²) in [6, 6.07) is 20.0. The van der Waals surface area contributed by atoms with E-state index in [1.165, 1.54) is 18.4 Å². The van der Waals surface area contributed by atoms with Crippen LogP contribution in [0.2, 0.25) is 0 Å². The number of nitrogens with zero attached hydrogens (tertiary/aromatic N) is 2. The van der Waals surface area contributed by atoms with E-state index in [0.29, 0.717) is 27.2 Å². The van der Waals surface area contributed by atoms with Crippen molar-refractivity contribution >= 4 is 33.3 Å². The first-order chi connectivity index (χ1) is 14.6. The largest absolute Gasteiger partial charge is 0.497 e. The fourth-order valence-electron chi connectivity index (χ4n) is 2.75. The molecule has 3 aromatic carbocycles. The molecule has 0 amide bonds. The monoisotopic (exact) mass is 466 g/mol. The van der Waals surface area contributed by atoms with Crippen molar-refractivity contribution in [1.29, 1.82) is 0 Å². The lowest BCUT2D eigenvalue weighted by Gasteiger charge is -2.06. The van der Waals surface area contributed by atoms with E-state index in [1.54, 1.807) is 49.6 Å². The summed E-state index contributed by atoms with van der Waals surface area (Å²) in [6.07, 6.45) is 3.44. The SMILES string of the molecule is CCCCc1ccc(N=Nc2ccc(OC(=O)c3ccc(OC)cc3)cc2Br)cc1. The Hall–Kier alpha value is -2.99. The van der Waals surface area contributed by atoms with E-state index >= 15 is 0 Å². The highest BCUT2D eigenvalue weighted by Gasteiger charge is 2.10. The highest BCUT2D eigenvalue weighted by molar-refractivity contribution is 9.10. The van der Waals surface area contributed by atoms with Crippen LogP contribution in [0.4, 0.5) is 11.4 Å². The molecule has 0 unspecified atom stereocenters. The predicted octanol–water partition coefficient (Wildman–Crippen LogP) is 7.43. The molecule has 0 aliphatic rings. The smallest absolute Gasteiger partial charge is 0.343 e. The van der Waals surface area contributed by atoms with E-state index < -0.39 is 5.97 Å². The molecule has 0 saturated carbocycles. The molecule has 3 rings (SSSR count). The summed E-state index contributed by atoms with van der Waals surface area (Å²) in [5.74, 6) is 0.656. The van der Waals surface area contributed by atoms with Crippen molar-refractivity contribution in [3.8, 4) is 11.5 Å². The van der Waals surface area contributed by atoms with Crippen molar-refractivity contribution in [3.63, 3.8) is 0 Å². The molecule has 0 heterocycles. The summed E-state index contributed by atoms with van der Waals surface area (Å²) in [5, 5.41) is 8.58. The van der Waals surface area contributed by atoms with Gasteiger partial charge in [-0.15, -0.1) is 5.11 Å². The minimum absolute atomic E-state index is 0.418. The predicted molar refractivity (Wildman–Crippen MR) is 121 cm³/mol. The lowest BCUT2D eigenvalue weighted by Crippen LogP contribution is -2.08. The Labute approximate surface area is 184 Å². The van der Waals surface area contributed by atoms with Gasteiger partial charge in [0, 0.05) is 4.47 Å². The molecule has 5 nitrogen and oxygen atoms in total. The van der Waals surface area contributed by atoms with Gasteiger partial charge in [0.25, 0.3) is 0 Å². The molecule has 30 heavy (non-hydrogen) atoms. The minimum atomic E-state index is -0.443. The Bertz CT molecular complexity index is 1020. The number of aryl methyl sites for hydroxylation is 1. The number of azo groups is 1. The topological polar surface area (TPSA) is 60.2 Å². The van der Waals surface area contributed by atoms with Gasteiger partial charge in [-0.25, -0.2) is 4.79 Å². The molecule has 0 saturated heterocycles. The number of methoxy groups -OCH3 is 1. The Morgan fingerprint density at radius 2 is 1.63 bits per heavy atom. The molecule has 0 N–H and O–H groups in total. The number of carbonyl (C=O) groups excluding carboxylic acids is 1. The average Bonchev–Trinajstić information content (AvgIpc) is 2.78. The van der Waals surface area contributed by atoms with Crippen molar-refractivity contribution < 1.29 is 14.3 Å². The molecular weight excluding hydrogens is 444 g/mol. The van der Waals surface area contributed by atoms with Gasteiger partial charge in [-0.2, -0.15) is 5.11 Å². The average molecular weight is 467 g/mol. The van der Waals surface area contributed by atoms with Gasteiger partial charge in [-0.05, 0) is 88.9 Å². The molecule has 6 heteroatoms. The third-order valence-corrected chi connectivity index (χ3v) is 5.12. The molecule has 0 aliphatic heterocycles. The van der Waals surface area contributed by atoms with Crippen LogP contribution in [0.3, 0.4) is 0 Å². The number of benzene rings is 3. The quantitative estimate of drug-likeness (QED) is 0.197. The number of unbranched alkanes of at least 4 members (excludes halogenated alkanes) is 1. The standard InChI is InChI=1S/C24H23BrN2O3/c1-3-4-5-17-6-10-19(11-7-17)26-27-23-15-14-21(16-22(23)25)30-24(28)18-8-12-20(29-2)13-9-18/h6-16H,3-5H2,1-2H3. The fourth-order valence-corrected chi connectivity index (χ4v) is 3.18. The van der Waals surface area contributed by atoms with Gasteiger partial charge in [0.05, 0.1) is 18.4 Å². The van der Waals surface area contributed by atoms with Gasteiger partial charge in [-0.3, -0.25) is 0 Å². The molecule has 154 valence electrons. The zero-order valence-corrected chi connectivity index (χ0v) is 18.6. The lowest BCUT2D eigenvalue weighted by atomic mass is 10.1. The number of carbonyl (C=O) groups is 1. The van der Waals surface area contributed by atoms with E-state index in [9.17, 15) is 4.79 Å². The van der Waals surface area contributed by atoms with E-state index in [1.807, 2.05) is 12.1 Å². The van der Waals surface area contributed by atoms with Crippen LogP contribution in [0.25, 0.3) is 0 Å². The highest BCUT2D eigenvalue weighted by atomic mass is 79.9. The summed E-state index contributed by atoms with van der Waals surface area (Å²) in [6.45, 7) is 2.19. The second kappa shape index (κ2) is 10.7. The van der Waals surface area contributed by atoms with Crippen LogP contribution in [0.1, 0.15) is 35.7 Å². The van der Waals surface area contributed by atoms with Gasteiger partial charge in [0.15, 0.2) is 0 Å². The third kappa shape index (κ3) is 6.00. The maximum absolute atomic E-state index is 12.3. The number of hydrogen-bond acceptors (Lipinski definition) is 5. The zero-order valence-electron chi connectivity index (χ0n) is 17.0. The summed E-state index contributed by atoms with van der Waals surface area (Å²) in [7, 11) is 1.58. The van der Waals surface area contributed by atoms with Gasteiger partial charge in [0.1, 0.15) is 17.2 Å². The summed E-state index contributed by atoms with van der Waals surface area (Å²) >= 11 is 3.46. The second-order valence-electron chi connectivity index (χ2n) is 6.70. The maximum Gasteiger partial charge on any atom is 0.343 e. The third-order valence-electron chi connectivity index (χ3n) is 4.48. The lowest BCUT2D eigenvalue weighted by molar-refractivity contribution is 0.0734. The summed E-state index contributed by atoms with van der Waals surface area (Å²) in [5.41, 5.74) is 3.18. The first-order valence-corrected chi connectivity index (χ1v) is 10.5. The zero-order chi connectivity index (χ0) is 21.3. The van der Waals surface area contributed by atoms with E-state index in [4.69, 9.17) is 9.47 Å². The van der Waals surface area contributed by atoms with Crippen LogP contribution >= 0.6 is 15.9 Å². The molecule has 0 radical (unpaired) electrons. The molecule has 0 atom stereocenters. The summed E-state index contributed by atoms with van der Waals surface area (Å²) < 4.78 is 11.2. The van der Waals surface area contributed by atoms with E-state index in [-0.39, 0.29) is 0 Å². The molecule has 0 bridgehead atoms. The van der Waals surface area contributed by atoms with Crippen molar-refractivity contribution in [3.05, 3.63) is 82.3 Å². The fraction of sp³-hybridized carbons (Fsp3) is 0.208. The first-order valence-electron chi connectivity index (χ1n) is 9.75.